The van der Waals surface area contributed by atoms with Crippen LogP contribution in [0, 0.1) is 0 Å². The van der Waals surface area contributed by atoms with Crippen LogP contribution in [0.5, 0.6) is 5.75 Å². The number of carbonyl (C=O) groups is 1. The van der Waals surface area contributed by atoms with E-state index in [9.17, 15) is 9.59 Å². The molecule has 0 radical (unpaired) electrons. The Morgan fingerprint density at radius 1 is 0.808 bits per heavy atom. The first-order valence-corrected chi connectivity index (χ1v) is 20.7. The highest BCUT2D eigenvalue weighted by atomic mass is 35.5. The number of anilines is 1. The van der Waals surface area contributed by atoms with E-state index in [4.69, 9.17) is 32.7 Å². The minimum absolute atomic E-state index is 0.216. The fraction of sp³-hybridized carbons (Fsp3) is 0.619. The first-order chi connectivity index (χ1) is 25.3. The minimum atomic E-state index is -0.759. The molecule has 0 aliphatic carbocycles. The largest absolute Gasteiger partial charge is 0.494 e. The van der Waals surface area contributed by atoms with Crippen molar-refractivity contribution in [3.63, 3.8) is 0 Å². The molecule has 288 valence electrons. The molecule has 1 atom stereocenters. The average molecular weight is 758 g/mol. The first kappa shape index (κ1) is 41.8. The van der Waals surface area contributed by atoms with Gasteiger partial charge in [-0.1, -0.05) is 107 Å². The van der Waals surface area contributed by atoms with Crippen LogP contribution in [-0.2, 0) is 4.74 Å². The van der Waals surface area contributed by atoms with Crippen LogP contribution >= 0.6 is 23.2 Å². The third-order valence-corrected chi connectivity index (χ3v) is 11.1. The Balaban J connectivity index is 1.17. The summed E-state index contributed by atoms with van der Waals surface area (Å²) in [4.78, 5) is 32.8. The molecule has 2 heterocycles. The van der Waals surface area contributed by atoms with Gasteiger partial charge in [-0.25, -0.2) is 4.79 Å². The van der Waals surface area contributed by atoms with Crippen molar-refractivity contribution in [1.29, 1.82) is 0 Å². The van der Waals surface area contributed by atoms with E-state index in [1.807, 2.05) is 43.3 Å². The lowest BCUT2D eigenvalue weighted by Crippen LogP contribution is -2.46. The average Bonchev–Trinajstić information content (AvgIpc) is 3.14. The molecule has 1 amide bonds. The Labute approximate surface area is 322 Å². The topological polar surface area (TPSA) is 67.2 Å². The molecule has 52 heavy (non-hydrogen) atoms. The zero-order valence-electron chi connectivity index (χ0n) is 31.9. The molecule has 0 spiro atoms. The van der Waals surface area contributed by atoms with Crippen LogP contribution < -0.4 is 15.2 Å². The third-order valence-electron chi connectivity index (χ3n) is 10.2. The van der Waals surface area contributed by atoms with Gasteiger partial charge in [0.05, 0.1) is 27.9 Å². The summed E-state index contributed by atoms with van der Waals surface area (Å²) in [6.45, 7) is 12.6. The van der Waals surface area contributed by atoms with E-state index >= 15 is 0 Å². The number of hydrogen-bond donors (Lipinski definition) is 0. The van der Waals surface area contributed by atoms with Crippen LogP contribution in [0.15, 0.2) is 53.3 Å². The Morgan fingerprint density at radius 2 is 1.46 bits per heavy atom. The summed E-state index contributed by atoms with van der Waals surface area (Å²) in [7, 11) is 0. The Bertz CT molecular complexity index is 1560. The molecule has 1 aromatic heterocycles. The highest BCUT2D eigenvalue weighted by molar-refractivity contribution is 6.43. The van der Waals surface area contributed by atoms with E-state index in [-0.39, 0.29) is 11.7 Å². The molecular weight excluding hydrogens is 695 g/mol. The van der Waals surface area contributed by atoms with Crippen LogP contribution in [0.1, 0.15) is 117 Å². The number of aromatic nitrogens is 1. The molecule has 1 aliphatic heterocycles. The van der Waals surface area contributed by atoms with Crippen molar-refractivity contribution >= 4 is 45.9 Å². The van der Waals surface area contributed by atoms with Crippen LogP contribution in [0.4, 0.5) is 10.5 Å². The van der Waals surface area contributed by atoms with Gasteiger partial charge in [-0.3, -0.25) is 14.3 Å². The van der Waals surface area contributed by atoms with Gasteiger partial charge in [0.25, 0.3) is 5.56 Å². The molecule has 0 N–H and O–H groups in total. The first-order valence-electron chi connectivity index (χ1n) is 20.0. The van der Waals surface area contributed by atoms with Gasteiger partial charge in [0.1, 0.15) is 5.75 Å². The number of nitrogens with zero attached hydrogens (tertiary/aromatic N) is 4. The molecule has 0 saturated carbocycles. The van der Waals surface area contributed by atoms with Gasteiger partial charge in [0, 0.05) is 51.4 Å². The monoisotopic (exact) mass is 756 g/mol. The number of amides is 1. The third kappa shape index (κ3) is 13.2. The van der Waals surface area contributed by atoms with Crippen LogP contribution in [-0.4, -0.2) is 72.9 Å². The van der Waals surface area contributed by atoms with Gasteiger partial charge >= 0.3 is 6.09 Å². The van der Waals surface area contributed by atoms with Crippen molar-refractivity contribution in [2.75, 3.05) is 57.3 Å². The van der Waals surface area contributed by atoms with Crippen LogP contribution in [0.2, 0.25) is 10.0 Å². The van der Waals surface area contributed by atoms with E-state index in [1.165, 1.54) is 70.3 Å². The maximum atomic E-state index is 13.2. The van der Waals surface area contributed by atoms with Gasteiger partial charge in [-0.2, -0.15) is 0 Å². The predicted molar refractivity (Wildman–Crippen MR) is 218 cm³/mol. The highest BCUT2D eigenvalue weighted by Crippen LogP contribution is 2.33. The number of fused-ring (bicyclic) bond motifs is 1. The Morgan fingerprint density at radius 3 is 2.13 bits per heavy atom. The van der Waals surface area contributed by atoms with Gasteiger partial charge in [-0.05, 0) is 75.4 Å². The Hall–Kier alpha value is -2.94. The summed E-state index contributed by atoms with van der Waals surface area (Å²) in [6.07, 6.45) is 16.1. The molecule has 1 saturated heterocycles. The molecule has 1 fully saturated rings. The molecule has 4 rings (SSSR count). The van der Waals surface area contributed by atoms with E-state index in [1.54, 1.807) is 22.5 Å². The van der Waals surface area contributed by atoms with E-state index in [0.717, 1.165) is 69.5 Å². The number of piperazine rings is 1. The molecule has 1 aliphatic rings. The fourth-order valence-corrected chi connectivity index (χ4v) is 7.48. The van der Waals surface area contributed by atoms with E-state index in [2.05, 4.69) is 16.7 Å². The second kappa shape index (κ2) is 23.0. The van der Waals surface area contributed by atoms with Crippen molar-refractivity contribution in [1.82, 2.24) is 14.4 Å². The molecule has 3 aromatic rings. The smallest absolute Gasteiger partial charge is 0.411 e. The zero-order chi connectivity index (χ0) is 37.1. The molecule has 0 bridgehead atoms. The SMILES string of the molecule is CCCCCCCCCCCCCCN(CC)C(=O)OC(C)n1c(=O)ccc2ccc(OCCCCN3CCN(c4cccc(Cl)c4Cl)CC3)cc21. The van der Waals surface area contributed by atoms with Gasteiger partial charge in [0.15, 0.2) is 6.23 Å². The summed E-state index contributed by atoms with van der Waals surface area (Å²) in [6, 6.07) is 14.9. The van der Waals surface area contributed by atoms with Crippen LogP contribution in [0.3, 0.4) is 0 Å². The van der Waals surface area contributed by atoms with Gasteiger partial charge in [-0.15, -0.1) is 0 Å². The van der Waals surface area contributed by atoms with Crippen molar-refractivity contribution in [3.8, 4) is 5.75 Å². The molecular formula is C42H62Cl2N4O4. The van der Waals surface area contributed by atoms with Gasteiger partial charge < -0.3 is 19.3 Å². The summed E-state index contributed by atoms with van der Waals surface area (Å²) in [5, 5.41) is 2.10. The Kier molecular flexibility index (Phi) is 18.5. The van der Waals surface area contributed by atoms with Crippen molar-refractivity contribution < 1.29 is 14.3 Å². The number of ether oxygens (including phenoxy) is 2. The lowest BCUT2D eigenvalue weighted by atomic mass is 10.1. The molecule has 10 heteroatoms. The van der Waals surface area contributed by atoms with Crippen molar-refractivity contribution in [3.05, 3.63) is 68.9 Å². The predicted octanol–water partition coefficient (Wildman–Crippen LogP) is 11.0. The maximum Gasteiger partial charge on any atom is 0.411 e. The number of benzene rings is 2. The van der Waals surface area contributed by atoms with Gasteiger partial charge in [0.2, 0.25) is 0 Å². The normalized spacial score (nSPS) is 14.1. The molecule has 8 nitrogen and oxygen atoms in total. The summed E-state index contributed by atoms with van der Waals surface area (Å²) in [5.74, 6) is 0.694. The number of rotatable bonds is 23. The highest BCUT2D eigenvalue weighted by Gasteiger charge is 2.21. The summed E-state index contributed by atoms with van der Waals surface area (Å²) in [5.41, 5.74) is 1.47. The summed E-state index contributed by atoms with van der Waals surface area (Å²) < 4.78 is 13.6. The second-order valence-corrected chi connectivity index (χ2v) is 15.0. The minimum Gasteiger partial charge on any atom is -0.494 e. The van der Waals surface area contributed by atoms with Crippen LogP contribution in [0.25, 0.3) is 10.9 Å². The molecule has 1 unspecified atom stereocenters. The second-order valence-electron chi connectivity index (χ2n) is 14.2. The van der Waals surface area contributed by atoms with E-state index < -0.39 is 6.23 Å². The van der Waals surface area contributed by atoms with E-state index in [0.29, 0.717) is 41.0 Å². The number of hydrogen-bond acceptors (Lipinski definition) is 6. The summed E-state index contributed by atoms with van der Waals surface area (Å²) >= 11 is 12.7. The zero-order valence-corrected chi connectivity index (χ0v) is 33.4. The molecule has 2 aromatic carbocycles. The quantitative estimate of drug-likeness (QED) is 0.0898. The standard InChI is InChI=1S/C42H62Cl2N4O4/c1-4-6-7-8-9-10-11-12-13-14-15-16-27-46(5-2)42(50)52-34(3)48-39-33-36(24-22-35(39)23-25-40(48)49)51-32-18-17-26-45-28-30-47(31-29-45)38-21-19-20-37(43)41(38)44/h19-25,33-34H,4-18,26-32H2,1-3H3. The number of unbranched alkanes of at least 4 members (excludes halogenated alkanes) is 12. The number of pyridine rings is 1. The van der Waals surface area contributed by atoms with Crippen molar-refractivity contribution in [2.24, 2.45) is 0 Å². The maximum absolute atomic E-state index is 13.2. The number of halogens is 2. The fourth-order valence-electron chi connectivity index (χ4n) is 7.07. The lowest BCUT2D eigenvalue weighted by Gasteiger charge is -2.36. The number of carbonyl (C=O) groups excluding carboxylic acids is 1. The lowest BCUT2D eigenvalue weighted by molar-refractivity contribution is 0.0395. The van der Waals surface area contributed by atoms with Crippen molar-refractivity contribution in [2.45, 2.75) is 117 Å².